The summed E-state index contributed by atoms with van der Waals surface area (Å²) >= 11 is 0. The number of aryl methyl sites for hydroxylation is 1. The third kappa shape index (κ3) is 5.34. The fourth-order valence-corrected chi connectivity index (χ4v) is 2.14. The van der Waals surface area contributed by atoms with Crippen LogP contribution in [-0.4, -0.2) is 12.4 Å². The Morgan fingerprint density at radius 3 is 2.50 bits per heavy atom. The highest BCUT2D eigenvalue weighted by molar-refractivity contribution is 5.91. The van der Waals surface area contributed by atoms with E-state index in [0.29, 0.717) is 18.8 Å². The van der Waals surface area contributed by atoms with E-state index < -0.39 is 24.0 Å². The monoisotopic (exact) mass is 368 g/mol. The Hall–Kier alpha value is -2.83. The first-order valence-corrected chi connectivity index (χ1v) is 7.82. The van der Waals surface area contributed by atoms with Crippen LogP contribution < -0.4 is 9.47 Å². The molecular formula is C19H16F4O3. The third-order valence-electron chi connectivity index (χ3n) is 3.33. The van der Waals surface area contributed by atoms with Crippen LogP contribution in [0, 0.1) is 11.6 Å². The van der Waals surface area contributed by atoms with Crippen molar-refractivity contribution in [2.45, 2.75) is 26.2 Å². The van der Waals surface area contributed by atoms with Crippen molar-refractivity contribution >= 4 is 5.97 Å². The molecule has 3 nitrogen and oxygen atoms in total. The van der Waals surface area contributed by atoms with Gasteiger partial charge in [-0.3, -0.25) is 0 Å². The molecule has 2 aromatic rings. The number of ether oxygens (including phenoxy) is 2. The first-order valence-electron chi connectivity index (χ1n) is 7.82. The van der Waals surface area contributed by atoms with Gasteiger partial charge in [0, 0.05) is 12.1 Å². The number of allylic oxidation sites excluding steroid dienone is 1. The van der Waals surface area contributed by atoms with Crippen LogP contribution in [0.2, 0.25) is 0 Å². The van der Waals surface area contributed by atoms with Crippen molar-refractivity contribution < 1.29 is 31.8 Å². The number of rotatable bonds is 7. The van der Waals surface area contributed by atoms with Crippen molar-refractivity contribution in [2.75, 3.05) is 0 Å². The van der Waals surface area contributed by atoms with E-state index in [4.69, 9.17) is 9.47 Å². The zero-order valence-electron chi connectivity index (χ0n) is 13.8. The molecule has 7 heteroatoms. The first kappa shape index (κ1) is 19.5. The number of benzene rings is 2. The van der Waals surface area contributed by atoms with E-state index in [1.807, 2.05) is 6.92 Å². The fourth-order valence-electron chi connectivity index (χ4n) is 2.14. The molecule has 26 heavy (non-hydrogen) atoms. The summed E-state index contributed by atoms with van der Waals surface area (Å²) in [6.07, 6.45) is -0.111. The lowest BCUT2D eigenvalue weighted by Crippen LogP contribution is -2.11. The van der Waals surface area contributed by atoms with Gasteiger partial charge in [-0.2, -0.15) is 0 Å². The van der Waals surface area contributed by atoms with Gasteiger partial charge in [-0.05, 0) is 36.2 Å². The number of hydrogen-bond acceptors (Lipinski definition) is 3. The van der Waals surface area contributed by atoms with Crippen molar-refractivity contribution in [3.63, 3.8) is 0 Å². The average molecular weight is 368 g/mol. The van der Waals surface area contributed by atoms with Gasteiger partial charge < -0.3 is 9.47 Å². The summed E-state index contributed by atoms with van der Waals surface area (Å²) < 4.78 is 61.4. The van der Waals surface area contributed by atoms with Crippen LogP contribution in [0.15, 0.2) is 48.7 Å². The topological polar surface area (TPSA) is 35.5 Å². The van der Waals surface area contributed by atoms with E-state index in [1.54, 1.807) is 6.07 Å². The summed E-state index contributed by atoms with van der Waals surface area (Å²) in [5, 5.41) is 0. The lowest BCUT2D eigenvalue weighted by atomic mass is 10.1. The molecule has 0 N–H and O–H groups in total. The largest absolute Gasteiger partial charge is 0.462 e. The molecule has 138 valence electrons. The van der Waals surface area contributed by atoms with Crippen LogP contribution in [0.25, 0.3) is 0 Å². The van der Waals surface area contributed by atoms with Crippen LogP contribution >= 0.6 is 0 Å². The van der Waals surface area contributed by atoms with Crippen molar-refractivity contribution in [2.24, 2.45) is 0 Å². The van der Waals surface area contributed by atoms with Gasteiger partial charge >= 0.3 is 5.97 Å². The summed E-state index contributed by atoms with van der Waals surface area (Å²) in [4.78, 5) is 12.0. The predicted octanol–water partition coefficient (Wildman–Crippen LogP) is 5.29. The number of esters is 1. The minimum Gasteiger partial charge on any atom is -0.462 e. The highest BCUT2D eigenvalue weighted by atomic mass is 19.3. The summed E-state index contributed by atoms with van der Waals surface area (Å²) in [6.45, 7) is 1.95. The second-order valence-corrected chi connectivity index (χ2v) is 5.33. The molecule has 0 spiro atoms. The lowest BCUT2D eigenvalue weighted by molar-refractivity contribution is 0.0729. The zero-order valence-corrected chi connectivity index (χ0v) is 13.8. The average Bonchev–Trinajstić information content (AvgIpc) is 2.57. The fraction of sp³-hybridized carbons (Fsp3) is 0.211. The van der Waals surface area contributed by atoms with E-state index in [9.17, 15) is 22.4 Å². The molecule has 0 radical (unpaired) electrons. The van der Waals surface area contributed by atoms with Gasteiger partial charge in [-0.1, -0.05) is 19.4 Å². The van der Waals surface area contributed by atoms with E-state index in [-0.39, 0.29) is 17.1 Å². The molecular weight excluding hydrogens is 352 g/mol. The van der Waals surface area contributed by atoms with Gasteiger partial charge in [0.1, 0.15) is 11.6 Å². The number of hydrogen-bond donors (Lipinski definition) is 0. The van der Waals surface area contributed by atoms with E-state index in [0.717, 1.165) is 24.1 Å². The lowest BCUT2D eigenvalue weighted by Gasteiger charge is -2.08. The summed E-state index contributed by atoms with van der Waals surface area (Å²) in [6, 6.07) is 7.34. The molecule has 0 fully saturated rings. The van der Waals surface area contributed by atoms with Gasteiger partial charge in [0.25, 0.3) is 6.43 Å². The second kappa shape index (κ2) is 9.03. The Labute approximate surface area is 147 Å². The highest BCUT2D eigenvalue weighted by Gasteiger charge is 2.16. The Kier molecular flexibility index (Phi) is 6.77. The Balaban J connectivity index is 2.08. The first-order chi connectivity index (χ1) is 12.4. The van der Waals surface area contributed by atoms with E-state index in [2.05, 4.69) is 0 Å². The molecule has 0 aliphatic carbocycles. The molecule has 0 atom stereocenters. The SMILES string of the molecule is CCCc1ccc(C(=O)Oc2ccc(OC=CC(F)F)c(F)c2)c(F)c1. The van der Waals surface area contributed by atoms with Gasteiger partial charge in [0.2, 0.25) is 0 Å². The van der Waals surface area contributed by atoms with Crippen LogP contribution in [0.1, 0.15) is 29.3 Å². The molecule has 0 bridgehead atoms. The molecule has 2 aromatic carbocycles. The summed E-state index contributed by atoms with van der Waals surface area (Å²) in [5.74, 6) is -3.12. The second-order valence-electron chi connectivity index (χ2n) is 5.33. The van der Waals surface area contributed by atoms with Gasteiger partial charge in [0.05, 0.1) is 11.8 Å². The van der Waals surface area contributed by atoms with Gasteiger partial charge in [-0.25, -0.2) is 22.4 Å². The van der Waals surface area contributed by atoms with Crippen molar-refractivity contribution in [3.05, 3.63) is 71.5 Å². The number of halogens is 4. The maximum atomic E-state index is 14.0. The van der Waals surface area contributed by atoms with Crippen LogP contribution in [0.5, 0.6) is 11.5 Å². The number of carbonyl (C=O) groups is 1. The van der Waals surface area contributed by atoms with Crippen molar-refractivity contribution in [1.29, 1.82) is 0 Å². The summed E-state index contributed by atoms with van der Waals surface area (Å²) in [5.41, 5.74) is 0.483. The Morgan fingerprint density at radius 2 is 1.88 bits per heavy atom. The molecule has 0 aromatic heterocycles. The van der Waals surface area contributed by atoms with E-state index in [1.165, 1.54) is 18.2 Å². The minimum absolute atomic E-state index is 0.172. The summed E-state index contributed by atoms with van der Waals surface area (Å²) in [7, 11) is 0. The molecule has 0 aliphatic heterocycles. The standard InChI is InChI=1S/C19H16F4O3/c1-2-3-12-4-6-14(15(20)10-12)19(24)26-13-5-7-17(16(21)11-13)25-9-8-18(22)23/h4-11,18H,2-3H2,1H3. The third-order valence-corrected chi connectivity index (χ3v) is 3.33. The van der Waals surface area contributed by atoms with Crippen LogP contribution in [-0.2, 0) is 6.42 Å². The van der Waals surface area contributed by atoms with Gasteiger partial charge in [0.15, 0.2) is 11.6 Å². The molecule has 0 aliphatic rings. The normalized spacial score (nSPS) is 11.2. The molecule has 0 unspecified atom stereocenters. The number of alkyl halides is 2. The van der Waals surface area contributed by atoms with Crippen molar-refractivity contribution in [3.8, 4) is 11.5 Å². The molecule has 0 saturated carbocycles. The van der Waals surface area contributed by atoms with E-state index >= 15 is 0 Å². The molecule has 0 heterocycles. The zero-order chi connectivity index (χ0) is 19.1. The minimum atomic E-state index is -2.73. The number of carbonyl (C=O) groups excluding carboxylic acids is 1. The quantitative estimate of drug-likeness (QED) is 0.288. The molecule has 2 rings (SSSR count). The predicted molar refractivity (Wildman–Crippen MR) is 87.5 cm³/mol. The van der Waals surface area contributed by atoms with Crippen LogP contribution in [0.3, 0.4) is 0 Å². The molecule has 0 amide bonds. The smallest absolute Gasteiger partial charge is 0.346 e. The Bertz CT molecular complexity index is 803. The highest BCUT2D eigenvalue weighted by Crippen LogP contribution is 2.24. The maximum Gasteiger partial charge on any atom is 0.346 e. The Morgan fingerprint density at radius 1 is 1.12 bits per heavy atom. The van der Waals surface area contributed by atoms with Crippen LogP contribution in [0.4, 0.5) is 17.6 Å². The van der Waals surface area contributed by atoms with Crippen molar-refractivity contribution in [1.82, 2.24) is 0 Å². The van der Waals surface area contributed by atoms with Gasteiger partial charge in [-0.15, -0.1) is 0 Å². The molecule has 0 saturated heterocycles. The maximum absolute atomic E-state index is 14.0.